The summed E-state index contributed by atoms with van der Waals surface area (Å²) in [6.45, 7) is 6.04. The zero-order valence-electron chi connectivity index (χ0n) is 10.1. The van der Waals surface area contributed by atoms with Crippen molar-refractivity contribution in [3.05, 3.63) is 29.8 Å². The van der Waals surface area contributed by atoms with Gasteiger partial charge in [-0.1, -0.05) is 0 Å². The molecule has 1 aromatic heterocycles. The normalized spacial score (nSPS) is 10.3. The average molecular weight is 240 g/mol. The van der Waals surface area contributed by atoms with Crippen molar-refractivity contribution < 1.29 is 13.9 Å². The van der Waals surface area contributed by atoms with Crippen LogP contribution < -0.4 is 0 Å². The Morgan fingerprint density at radius 3 is 2.76 bits per heavy atom. The van der Waals surface area contributed by atoms with E-state index in [0.717, 1.165) is 0 Å². The standard InChI is InChI=1S/C12H17FN2O2/c1-3-15(7-8-17-4-2)12(16)10-5-6-11(13)14-9-10/h5-6,9H,3-4,7-8H2,1-2H3. The Labute approximate surface area is 100 Å². The number of hydrogen-bond acceptors (Lipinski definition) is 3. The number of likely N-dealkylation sites (N-methyl/N-ethyl adjacent to an activating group) is 1. The first kappa shape index (κ1) is 13.6. The maximum Gasteiger partial charge on any atom is 0.255 e. The van der Waals surface area contributed by atoms with Crippen LogP contribution in [0.2, 0.25) is 0 Å². The second-order valence-corrected chi connectivity index (χ2v) is 3.45. The van der Waals surface area contributed by atoms with Crippen molar-refractivity contribution in [2.75, 3.05) is 26.3 Å². The summed E-state index contributed by atoms with van der Waals surface area (Å²) in [7, 11) is 0. The summed E-state index contributed by atoms with van der Waals surface area (Å²) < 4.78 is 17.8. The predicted molar refractivity (Wildman–Crippen MR) is 62.3 cm³/mol. The first-order valence-corrected chi connectivity index (χ1v) is 5.67. The average Bonchev–Trinajstić information content (AvgIpc) is 2.35. The monoisotopic (exact) mass is 240 g/mol. The van der Waals surface area contributed by atoms with Crippen molar-refractivity contribution in [1.82, 2.24) is 9.88 Å². The molecule has 4 nitrogen and oxygen atoms in total. The van der Waals surface area contributed by atoms with E-state index in [4.69, 9.17) is 4.74 Å². The number of rotatable bonds is 6. The summed E-state index contributed by atoms with van der Waals surface area (Å²) >= 11 is 0. The van der Waals surface area contributed by atoms with Crippen molar-refractivity contribution in [2.24, 2.45) is 0 Å². The fourth-order valence-corrected chi connectivity index (χ4v) is 1.41. The smallest absolute Gasteiger partial charge is 0.255 e. The molecular weight excluding hydrogens is 223 g/mol. The SMILES string of the molecule is CCOCCN(CC)C(=O)c1ccc(F)nc1. The molecule has 0 saturated heterocycles. The van der Waals surface area contributed by atoms with Gasteiger partial charge < -0.3 is 9.64 Å². The zero-order valence-corrected chi connectivity index (χ0v) is 10.1. The van der Waals surface area contributed by atoms with Crippen LogP contribution in [0.3, 0.4) is 0 Å². The molecule has 0 N–H and O–H groups in total. The van der Waals surface area contributed by atoms with E-state index < -0.39 is 5.95 Å². The molecule has 17 heavy (non-hydrogen) atoms. The number of aromatic nitrogens is 1. The molecule has 0 saturated carbocycles. The van der Waals surface area contributed by atoms with E-state index in [9.17, 15) is 9.18 Å². The van der Waals surface area contributed by atoms with Crippen LogP contribution in [0.1, 0.15) is 24.2 Å². The van der Waals surface area contributed by atoms with Crippen molar-refractivity contribution in [3.8, 4) is 0 Å². The number of halogens is 1. The summed E-state index contributed by atoms with van der Waals surface area (Å²) in [5.41, 5.74) is 0.393. The van der Waals surface area contributed by atoms with Gasteiger partial charge >= 0.3 is 0 Å². The van der Waals surface area contributed by atoms with Gasteiger partial charge in [0.25, 0.3) is 5.91 Å². The third-order valence-electron chi connectivity index (χ3n) is 2.35. The molecule has 5 heteroatoms. The Balaban J connectivity index is 2.62. The Morgan fingerprint density at radius 1 is 1.47 bits per heavy atom. The molecule has 0 aliphatic carbocycles. The Morgan fingerprint density at radius 2 is 2.24 bits per heavy atom. The summed E-state index contributed by atoms with van der Waals surface area (Å²) in [4.78, 5) is 17.1. The third-order valence-corrected chi connectivity index (χ3v) is 2.35. The van der Waals surface area contributed by atoms with E-state index in [1.807, 2.05) is 13.8 Å². The van der Waals surface area contributed by atoms with Gasteiger partial charge in [-0.3, -0.25) is 4.79 Å². The fourth-order valence-electron chi connectivity index (χ4n) is 1.41. The van der Waals surface area contributed by atoms with Gasteiger partial charge in [-0.2, -0.15) is 4.39 Å². The molecule has 0 aliphatic rings. The van der Waals surface area contributed by atoms with Crippen LogP contribution >= 0.6 is 0 Å². The highest BCUT2D eigenvalue weighted by Crippen LogP contribution is 2.04. The number of carbonyl (C=O) groups excluding carboxylic acids is 1. The van der Waals surface area contributed by atoms with Crippen molar-refractivity contribution in [2.45, 2.75) is 13.8 Å². The fraction of sp³-hybridized carbons (Fsp3) is 0.500. The maximum atomic E-state index is 12.6. The van der Waals surface area contributed by atoms with E-state index in [-0.39, 0.29) is 5.91 Å². The van der Waals surface area contributed by atoms with E-state index in [2.05, 4.69) is 4.98 Å². The van der Waals surface area contributed by atoms with E-state index in [1.165, 1.54) is 18.3 Å². The summed E-state index contributed by atoms with van der Waals surface area (Å²) in [6.07, 6.45) is 1.25. The van der Waals surface area contributed by atoms with Crippen LogP contribution in [0.4, 0.5) is 4.39 Å². The molecule has 0 spiro atoms. The van der Waals surface area contributed by atoms with Gasteiger partial charge in [0.1, 0.15) is 0 Å². The number of nitrogens with zero attached hydrogens (tertiary/aromatic N) is 2. The molecule has 1 aromatic rings. The van der Waals surface area contributed by atoms with Gasteiger partial charge in [0.15, 0.2) is 0 Å². The minimum atomic E-state index is -0.584. The third kappa shape index (κ3) is 4.11. The minimum Gasteiger partial charge on any atom is -0.380 e. The molecule has 1 heterocycles. The van der Waals surface area contributed by atoms with Gasteiger partial charge in [-0.05, 0) is 26.0 Å². The molecule has 0 radical (unpaired) electrons. The Hall–Kier alpha value is -1.49. The number of ether oxygens (including phenoxy) is 1. The summed E-state index contributed by atoms with van der Waals surface area (Å²) in [5, 5.41) is 0. The quantitative estimate of drug-likeness (QED) is 0.561. The van der Waals surface area contributed by atoms with Crippen LogP contribution in [0.15, 0.2) is 18.3 Å². The topological polar surface area (TPSA) is 42.4 Å². The number of amides is 1. The van der Waals surface area contributed by atoms with Gasteiger partial charge in [0.05, 0.1) is 12.2 Å². The lowest BCUT2D eigenvalue weighted by Gasteiger charge is -2.20. The lowest BCUT2D eigenvalue weighted by molar-refractivity contribution is 0.0668. The second-order valence-electron chi connectivity index (χ2n) is 3.45. The molecule has 94 valence electrons. The van der Waals surface area contributed by atoms with Gasteiger partial charge in [-0.15, -0.1) is 0 Å². The van der Waals surface area contributed by atoms with Gasteiger partial charge in [0.2, 0.25) is 5.95 Å². The number of carbonyl (C=O) groups is 1. The van der Waals surface area contributed by atoms with Crippen LogP contribution in [0.5, 0.6) is 0 Å². The molecule has 0 unspecified atom stereocenters. The summed E-state index contributed by atoms with van der Waals surface area (Å²) in [5.74, 6) is -0.737. The van der Waals surface area contributed by atoms with Crippen LogP contribution in [0.25, 0.3) is 0 Å². The number of hydrogen-bond donors (Lipinski definition) is 0. The summed E-state index contributed by atoms with van der Waals surface area (Å²) in [6, 6.07) is 2.62. The van der Waals surface area contributed by atoms with E-state index >= 15 is 0 Å². The minimum absolute atomic E-state index is 0.153. The predicted octanol–water partition coefficient (Wildman–Crippen LogP) is 1.72. The van der Waals surface area contributed by atoms with Crippen LogP contribution in [-0.2, 0) is 4.74 Å². The van der Waals surface area contributed by atoms with Crippen molar-refractivity contribution in [1.29, 1.82) is 0 Å². The lowest BCUT2D eigenvalue weighted by Crippen LogP contribution is -2.34. The van der Waals surface area contributed by atoms with Crippen LogP contribution in [-0.4, -0.2) is 42.1 Å². The lowest BCUT2D eigenvalue weighted by atomic mass is 10.2. The van der Waals surface area contributed by atoms with Gasteiger partial charge in [-0.25, -0.2) is 4.98 Å². The Bertz CT molecular complexity index is 354. The largest absolute Gasteiger partial charge is 0.380 e. The first-order valence-electron chi connectivity index (χ1n) is 5.67. The molecule has 0 aromatic carbocycles. The molecule has 0 fully saturated rings. The zero-order chi connectivity index (χ0) is 12.7. The second kappa shape index (κ2) is 6.96. The molecule has 0 bridgehead atoms. The molecule has 0 atom stereocenters. The highest BCUT2D eigenvalue weighted by Gasteiger charge is 2.14. The van der Waals surface area contributed by atoms with Crippen LogP contribution in [0, 0.1) is 5.95 Å². The molecule has 1 rings (SSSR count). The van der Waals surface area contributed by atoms with E-state index in [1.54, 1.807) is 4.90 Å². The molecular formula is C12H17FN2O2. The van der Waals surface area contributed by atoms with Crippen molar-refractivity contribution in [3.63, 3.8) is 0 Å². The highest BCUT2D eigenvalue weighted by atomic mass is 19.1. The molecule has 0 aliphatic heterocycles. The number of pyridine rings is 1. The van der Waals surface area contributed by atoms with Gasteiger partial charge in [0, 0.05) is 25.9 Å². The Kier molecular flexibility index (Phi) is 5.56. The highest BCUT2D eigenvalue weighted by molar-refractivity contribution is 5.93. The first-order chi connectivity index (χ1) is 8.19. The van der Waals surface area contributed by atoms with Crippen molar-refractivity contribution >= 4 is 5.91 Å². The maximum absolute atomic E-state index is 12.6. The molecule has 1 amide bonds. The van der Waals surface area contributed by atoms with E-state index in [0.29, 0.717) is 31.9 Å².